The minimum absolute atomic E-state index is 0.0201. The minimum Gasteiger partial charge on any atom is -0.497 e. The SMILES string of the molecule is COc1ccc(CCNC(=O)CCC(=O)N2C[C@@H]3C[C@H](C2)c2cccc(=O)n2C3)cc1. The topological polar surface area (TPSA) is 80.6 Å². The van der Waals surface area contributed by atoms with Crippen LogP contribution in [0.4, 0.5) is 0 Å². The molecular formula is C24H29N3O4. The first-order valence-corrected chi connectivity index (χ1v) is 10.9. The van der Waals surface area contributed by atoms with Crippen LogP contribution in [0.2, 0.25) is 0 Å². The van der Waals surface area contributed by atoms with Crippen molar-refractivity contribution in [2.24, 2.45) is 5.92 Å². The number of rotatable bonds is 7. The molecule has 1 aromatic heterocycles. The fourth-order valence-electron chi connectivity index (χ4n) is 4.71. The molecule has 2 atom stereocenters. The number of hydrogen-bond donors (Lipinski definition) is 1. The number of methoxy groups -OCH3 is 1. The number of ether oxygens (including phenoxy) is 1. The van der Waals surface area contributed by atoms with Gasteiger partial charge in [0.1, 0.15) is 5.75 Å². The zero-order valence-corrected chi connectivity index (χ0v) is 17.9. The highest BCUT2D eigenvalue weighted by Gasteiger charge is 2.36. The van der Waals surface area contributed by atoms with Gasteiger partial charge >= 0.3 is 0 Å². The van der Waals surface area contributed by atoms with E-state index in [4.69, 9.17) is 4.74 Å². The second kappa shape index (κ2) is 9.37. The van der Waals surface area contributed by atoms with Crippen molar-refractivity contribution >= 4 is 11.8 Å². The van der Waals surface area contributed by atoms with Gasteiger partial charge in [-0.2, -0.15) is 0 Å². The lowest BCUT2D eigenvalue weighted by atomic mass is 9.83. The minimum atomic E-state index is -0.101. The summed E-state index contributed by atoms with van der Waals surface area (Å²) in [5, 5.41) is 2.90. The monoisotopic (exact) mass is 423 g/mol. The summed E-state index contributed by atoms with van der Waals surface area (Å²) in [5.74, 6) is 1.23. The Kier molecular flexibility index (Phi) is 6.39. The number of piperidine rings is 1. The van der Waals surface area contributed by atoms with Gasteiger partial charge in [0.2, 0.25) is 11.8 Å². The van der Waals surface area contributed by atoms with Gasteiger partial charge in [-0.25, -0.2) is 0 Å². The molecule has 2 amide bonds. The van der Waals surface area contributed by atoms with Crippen LogP contribution in [0, 0.1) is 5.92 Å². The summed E-state index contributed by atoms with van der Waals surface area (Å²) in [7, 11) is 1.63. The van der Waals surface area contributed by atoms with E-state index in [2.05, 4.69) is 5.32 Å². The van der Waals surface area contributed by atoms with Gasteiger partial charge in [-0.05, 0) is 42.5 Å². The number of nitrogens with one attached hydrogen (secondary N) is 1. The number of benzene rings is 1. The summed E-state index contributed by atoms with van der Waals surface area (Å²) in [6.45, 7) is 2.49. The maximum Gasteiger partial charge on any atom is 0.250 e. The fourth-order valence-corrected chi connectivity index (χ4v) is 4.71. The van der Waals surface area contributed by atoms with Crippen molar-refractivity contribution in [1.82, 2.24) is 14.8 Å². The average Bonchev–Trinajstić information content (AvgIpc) is 2.78. The molecule has 3 heterocycles. The molecule has 2 aromatic rings. The summed E-state index contributed by atoms with van der Waals surface area (Å²) >= 11 is 0. The van der Waals surface area contributed by atoms with E-state index < -0.39 is 0 Å². The predicted molar refractivity (Wildman–Crippen MR) is 117 cm³/mol. The first-order chi connectivity index (χ1) is 15.0. The van der Waals surface area contributed by atoms with Crippen LogP contribution in [0.5, 0.6) is 5.75 Å². The third-order valence-electron chi connectivity index (χ3n) is 6.29. The molecule has 1 saturated heterocycles. The highest BCUT2D eigenvalue weighted by molar-refractivity contribution is 5.83. The molecule has 2 bridgehead atoms. The number of likely N-dealkylation sites (tertiary alicyclic amines) is 1. The smallest absolute Gasteiger partial charge is 0.250 e. The molecule has 1 N–H and O–H groups in total. The molecule has 0 saturated carbocycles. The number of carbonyl (C=O) groups excluding carboxylic acids is 2. The second-order valence-electron chi connectivity index (χ2n) is 8.44. The van der Waals surface area contributed by atoms with Crippen LogP contribution in [0.15, 0.2) is 47.3 Å². The van der Waals surface area contributed by atoms with E-state index in [0.717, 1.165) is 29.8 Å². The van der Waals surface area contributed by atoms with Crippen molar-refractivity contribution in [3.63, 3.8) is 0 Å². The van der Waals surface area contributed by atoms with E-state index in [1.54, 1.807) is 19.2 Å². The number of amides is 2. The second-order valence-corrected chi connectivity index (χ2v) is 8.44. The maximum atomic E-state index is 12.7. The van der Waals surface area contributed by atoms with Gasteiger partial charge in [-0.15, -0.1) is 0 Å². The zero-order valence-electron chi connectivity index (χ0n) is 17.9. The number of pyridine rings is 1. The summed E-state index contributed by atoms with van der Waals surface area (Å²) in [6.07, 6.45) is 2.16. The molecule has 2 aliphatic heterocycles. The van der Waals surface area contributed by atoms with E-state index in [0.29, 0.717) is 32.1 Å². The van der Waals surface area contributed by atoms with Crippen molar-refractivity contribution in [3.8, 4) is 5.75 Å². The van der Waals surface area contributed by atoms with Crippen molar-refractivity contribution in [2.45, 2.75) is 38.1 Å². The van der Waals surface area contributed by atoms with E-state index in [1.807, 2.05) is 39.8 Å². The molecular weight excluding hydrogens is 394 g/mol. The van der Waals surface area contributed by atoms with Crippen LogP contribution in [0.25, 0.3) is 0 Å². The third-order valence-corrected chi connectivity index (χ3v) is 6.29. The number of hydrogen-bond acceptors (Lipinski definition) is 4. The van der Waals surface area contributed by atoms with Gasteiger partial charge in [0, 0.05) is 56.7 Å². The van der Waals surface area contributed by atoms with Crippen LogP contribution in [0.3, 0.4) is 0 Å². The van der Waals surface area contributed by atoms with Crippen LogP contribution in [-0.4, -0.2) is 48.0 Å². The molecule has 0 spiro atoms. The Hall–Kier alpha value is -3.09. The Morgan fingerprint density at radius 1 is 1.06 bits per heavy atom. The van der Waals surface area contributed by atoms with Crippen molar-refractivity contribution in [3.05, 3.63) is 64.1 Å². The lowest BCUT2D eigenvalue weighted by molar-refractivity contribution is -0.136. The standard InChI is InChI=1S/C24H29N3O4/c1-31-20-7-5-17(6-8-20)11-12-25-22(28)9-10-23(29)26-14-18-13-19(16-26)21-3-2-4-24(30)27(21)15-18/h2-8,18-19H,9-16H2,1H3,(H,25,28)/t18-,19+/m0/s1. The average molecular weight is 424 g/mol. The summed E-state index contributed by atoms with van der Waals surface area (Å²) in [4.78, 5) is 38.9. The highest BCUT2D eigenvalue weighted by atomic mass is 16.5. The Balaban J connectivity index is 1.23. The fraction of sp³-hybridized carbons (Fsp3) is 0.458. The van der Waals surface area contributed by atoms with E-state index in [9.17, 15) is 14.4 Å². The number of carbonyl (C=O) groups is 2. The molecule has 4 rings (SSSR count). The number of nitrogens with zero attached hydrogens (tertiary/aromatic N) is 2. The summed E-state index contributed by atoms with van der Waals surface area (Å²) in [5.41, 5.74) is 2.19. The van der Waals surface area contributed by atoms with Gasteiger partial charge < -0.3 is 19.5 Å². The normalized spacial score (nSPS) is 19.5. The van der Waals surface area contributed by atoms with Crippen molar-refractivity contribution < 1.29 is 14.3 Å². The molecule has 7 heteroatoms. The van der Waals surface area contributed by atoms with Gasteiger partial charge in [0.25, 0.3) is 5.56 Å². The first-order valence-electron chi connectivity index (χ1n) is 10.9. The van der Waals surface area contributed by atoms with Crippen LogP contribution < -0.4 is 15.6 Å². The van der Waals surface area contributed by atoms with E-state index in [-0.39, 0.29) is 36.1 Å². The van der Waals surface area contributed by atoms with Crippen molar-refractivity contribution in [2.75, 3.05) is 26.7 Å². The van der Waals surface area contributed by atoms with Crippen LogP contribution in [0.1, 0.15) is 36.4 Å². The molecule has 1 aromatic carbocycles. The predicted octanol–water partition coefficient (Wildman–Crippen LogP) is 1.94. The van der Waals surface area contributed by atoms with Crippen molar-refractivity contribution in [1.29, 1.82) is 0 Å². The molecule has 0 aliphatic carbocycles. The van der Waals surface area contributed by atoms with E-state index in [1.165, 1.54) is 0 Å². The van der Waals surface area contributed by atoms with Gasteiger partial charge in [-0.1, -0.05) is 18.2 Å². The molecule has 0 unspecified atom stereocenters. The largest absolute Gasteiger partial charge is 0.497 e. The quantitative estimate of drug-likeness (QED) is 0.738. The summed E-state index contributed by atoms with van der Waals surface area (Å²) < 4.78 is 7.00. The maximum absolute atomic E-state index is 12.7. The number of fused-ring (bicyclic) bond motifs is 4. The van der Waals surface area contributed by atoms with Crippen LogP contribution in [-0.2, 0) is 22.6 Å². The molecule has 1 fully saturated rings. The van der Waals surface area contributed by atoms with Crippen LogP contribution >= 0.6 is 0 Å². The van der Waals surface area contributed by atoms with E-state index >= 15 is 0 Å². The first kappa shape index (κ1) is 21.2. The summed E-state index contributed by atoms with van der Waals surface area (Å²) in [6, 6.07) is 13.2. The molecule has 164 valence electrons. The number of aromatic nitrogens is 1. The Morgan fingerprint density at radius 2 is 1.87 bits per heavy atom. The Morgan fingerprint density at radius 3 is 2.65 bits per heavy atom. The third kappa shape index (κ3) is 4.98. The molecule has 31 heavy (non-hydrogen) atoms. The lowest BCUT2D eigenvalue weighted by Gasteiger charge is -2.42. The lowest BCUT2D eigenvalue weighted by Crippen LogP contribution is -2.49. The molecule has 7 nitrogen and oxygen atoms in total. The zero-order chi connectivity index (χ0) is 21.8. The van der Waals surface area contributed by atoms with Gasteiger partial charge in [0.05, 0.1) is 7.11 Å². The highest BCUT2D eigenvalue weighted by Crippen LogP contribution is 2.35. The van der Waals surface area contributed by atoms with Gasteiger partial charge in [0.15, 0.2) is 0 Å². The Bertz CT molecular complexity index is 999. The molecule has 0 radical (unpaired) electrons. The Labute approximate surface area is 182 Å². The van der Waals surface area contributed by atoms with Gasteiger partial charge in [-0.3, -0.25) is 14.4 Å². The molecule has 2 aliphatic rings.